The van der Waals surface area contributed by atoms with Crippen LogP contribution in [0, 0.1) is 5.92 Å². The van der Waals surface area contributed by atoms with E-state index in [4.69, 9.17) is 19.2 Å². The number of hydrogen-bond donors (Lipinski definition) is 4. The number of phosphoric acid groups is 1. The van der Waals surface area contributed by atoms with Crippen LogP contribution in [0.5, 0.6) is 0 Å². The maximum atomic E-state index is 9.25. The molecule has 0 aliphatic heterocycles. The zero-order valence-electron chi connectivity index (χ0n) is 8.43. The van der Waals surface area contributed by atoms with Crippen LogP contribution in [0.2, 0.25) is 0 Å². The van der Waals surface area contributed by atoms with Gasteiger partial charge >= 0.3 is 76.8 Å². The van der Waals surface area contributed by atoms with Crippen LogP contribution >= 0.6 is 7.82 Å². The second kappa shape index (κ2) is 6.53. The number of hydrogen-bond acceptors (Lipinski definition) is 2. The fraction of sp³-hybridized carbons (Fsp3) is 1.00. The van der Waals surface area contributed by atoms with Gasteiger partial charge in [0, 0.05) is 0 Å². The van der Waals surface area contributed by atoms with Crippen molar-refractivity contribution in [3.8, 4) is 0 Å². The number of aliphatic hydroxyl groups is 1. The standard InChI is InChI=1S/C6H13O.Na.H3O4P/c1-5(2)4-6(3)7;;1-5(2,3)4/h5,7H,4H2,1-3H3;;(H3,1,2,3,4). The molecule has 1 atom stereocenters. The normalized spacial score (nSPS) is 16.2. The van der Waals surface area contributed by atoms with E-state index in [-0.39, 0.29) is 2.85 Å². The minimum absolute atomic E-state index is 0.339. The molecule has 0 fully saturated rings. The summed E-state index contributed by atoms with van der Waals surface area (Å²) < 4.78 is 8.54. The average Bonchev–Trinajstić information content (AvgIpc) is 1.47. The molecule has 0 aliphatic carbocycles. The first-order valence-electron chi connectivity index (χ1n) is 3.92. The Morgan fingerprint density at radius 2 is 1.62 bits per heavy atom. The summed E-state index contributed by atoms with van der Waals surface area (Å²) in [5, 5.41) is 9.25. The van der Waals surface area contributed by atoms with E-state index in [1.807, 2.05) is 6.92 Å². The van der Waals surface area contributed by atoms with Gasteiger partial charge in [0.25, 0.3) is 0 Å². The Hall–Kier alpha value is 1.07. The summed E-state index contributed by atoms with van der Waals surface area (Å²) >= 11 is 0.881. The van der Waals surface area contributed by atoms with Gasteiger partial charge < -0.3 is 14.7 Å². The van der Waals surface area contributed by atoms with Gasteiger partial charge in [0.15, 0.2) is 0 Å². The molecule has 1 unspecified atom stereocenters. The molecular formula is C6H16NaO5P. The largest absolute Gasteiger partial charge is 0.466 e. The van der Waals surface area contributed by atoms with Crippen LogP contribution in [0.25, 0.3) is 0 Å². The van der Waals surface area contributed by atoms with Crippen molar-refractivity contribution in [3.63, 3.8) is 0 Å². The molecule has 7 heteroatoms. The third-order valence-electron chi connectivity index (χ3n) is 0.908. The monoisotopic (exact) mass is 222 g/mol. The smallest absolute Gasteiger partial charge is 0.303 e. The first-order chi connectivity index (χ1) is 5.42. The molecule has 0 rings (SSSR count). The Balaban J connectivity index is 0. The van der Waals surface area contributed by atoms with E-state index in [0.717, 1.165) is 34.4 Å². The molecule has 13 heavy (non-hydrogen) atoms. The third kappa shape index (κ3) is 43.5. The molecule has 0 bridgehead atoms. The van der Waals surface area contributed by atoms with E-state index in [1.54, 1.807) is 0 Å². The van der Waals surface area contributed by atoms with Gasteiger partial charge in [-0.25, -0.2) is 4.57 Å². The Morgan fingerprint density at radius 1 is 1.38 bits per heavy atom. The molecule has 0 amide bonds. The molecule has 76 valence electrons. The van der Waals surface area contributed by atoms with Crippen molar-refractivity contribution >= 4 is 35.8 Å². The Kier molecular flexibility index (Phi) is 8.29. The van der Waals surface area contributed by atoms with Crippen molar-refractivity contribution in [2.45, 2.75) is 30.0 Å². The summed E-state index contributed by atoms with van der Waals surface area (Å²) in [5.74, 6) is 0.627. The molecular weight excluding hydrogens is 206 g/mol. The van der Waals surface area contributed by atoms with Crippen molar-refractivity contribution in [1.29, 1.82) is 0 Å². The van der Waals surface area contributed by atoms with Crippen molar-refractivity contribution in [1.82, 2.24) is 0 Å². The van der Waals surface area contributed by atoms with Crippen LogP contribution in [0.15, 0.2) is 0 Å². The quantitative estimate of drug-likeness (QED) is 0.389. The van der Waals surface area contributed by atoms with Crippen LogP contribution in [-0.2, 0) is 4.57 Å². The van der Waals surface area contributed by atoms with Crippen molar-refractivity contribution in [2.24, 2.45) is 5.92 Å². The van der Waals surface area contributed by atoms with E-state index in [0.29, 0.717) is 5.92 Å². The van der Waals surface area contributed by atoms with Gasteiger partial charge in [0.05, 0.1) is 0 Å². The average molecular weight is 222 g/mol. The summed E-state index contributed by atoms with van der Waals surface area (Å²) in [6.45, 7) is 6.16. The van der Waals surface area contributed by atoms with E-state index >= 15 is 0 Å². The molecule has 0 saturated carbocycles. The van der Waals surface area contributed by atoms with Gasteiger partial charge in [0.1, 0.15) is 0 Å². The molecule has 0 spiro atoms. The van der Waals surface area contributed by atoms with Gasteiger partial charge in [-0.2, -0.15) is 0 Å². The first-order valence-corrected chi connectivity index (χ1v) is 6.49. The van der Waals surface area contributed by atoms with E-state index in [2.05, 4.69) is 13.8 Å². The van der Waals surface area contributed by atoms with Crippen LogP contribution in [0.3, 0.4) is 0 Å². The van der Waals surface area contributed by atoms with E-state index in [1.165, 1.54) is 0 Å². The summed E-state index contributed by atoms with van der Waals surface area (Å²) in [6, 6.07) is 0. The minimum Gasteiger partial charge on any atom is -0.303 e. The molecule has 4 N–H and O–H groups in total. The van der Waals surface area contributed by atoms with Crippen molar-refractivity contribution in [2.75, 3.05) is 0 Å². The predicted molar refractivity (Wildman–Crippen MR) is 50.1 cm³/mol. The summed E-state index contributed by atoms with van der Waals surface area (Å²) in [6.07, 6.45) is 0.944. The third-order valence-corrected chi connectivity index (χ3v) is 1.32. The molecule has 0 aliphatic rings. The molecule has 0 heterocycles. The molecule has 0 saturated heterocycles. The SMILES string of the molecule is CC(C)C[C](C)(O)[Na].O=P(O)(O)O. The fourth-order valence-electron chi connectivity index (χ4n) is 0.999. The fourth-order valence-corrected chi connectivity index (χ4v) is 1.82. The van der Waals surface area contributed by atoms with E-state index < -0.39 is 7.82 Å². The molecule has 0 aromatic rings. The van der Waals surface area contributed by atoms with Crippen LogP contribution in [0.1, 0.15) is 27.2 Å². The van der Waals surface area contributed by atoms with Crippen molar-refractivity contribution in [3.05, 3.63) is 0 Å². The second-order valence-electron chi connectivity index (χ2n) is 3.92. The van der Waals surface area contributed by atoms with Gasteiger partial charge in [-0.05, 0) is 0 Å². The maximum Gasteiger partial charge on any atom is 0.466 e. The summed E-state index contributed by atoms with van der Waals surface area (Å²) in [5.41, 5.74) is 0. The van der Waals surface area contributed by atoms with Crippen LogP contribution in [0.4, 0.5) is 0 Å². The van der Waals surface area contributed by atoms with E-state index in [9.17, 15) is 5.11 Å². The summed E-state index contributed by atoms with van der Waals surface area (Å²) in [7, 11) is -4.64. The van der Waals surface area contributed by atoms with Gasteiger partial charge in [-0.15, -0.1) is 0 Å². The van der Waals surface area contributed by atoms with Crippen LogP contribution in [-0.4, -0.2) is 50.6 Å². The maximum absolute atomic E-state index is 9.25. The summed E-state index contributed by atoms with van der Waals surface area (Å²) in [4.78, 5) is 21.6. The predicted octanol–water partition coefficient (Wildman–Crippen LogP) is -0.0191. The first kappa shape index (κ1) is 16.5. The molecule has 5 nitrogen and oxygen atoms in total. The molecule has 0 aromatic carbocycles. The Labute approximate surface area is 95.8 Å². The van der Waals surface area contributed by atoms with Gasteiger partial charge in [0.2, 0.25) is 0 Å². The van der Waals surface area contributed by atoms with Gasteiger partial charge in [-0.3, -0.25) is 0 Å². The second-order valence-corrected chi connectivity index (χ2v) is 7.10. The molecule has 0 aromatic heterocycles. The zero-order chi connectivity index (χ0) is 11.3. The van der Waals surface area contributed by atoms with Crippen molar-refractivity contribution < 1.29 is 24.4 Å². The zero-order valence-corrected chi connectivity index (χ0v) is 11.3. The van der Waals surface area contributed by atoms with Gasteiger partial charge in [-0.1, -0.05) is 0 Å². The molecule has 0 radical (unpaired) electrons. The Morgan fingerprint density at radius 3 is 1.62 bits per heavy atom. The number of rotatable bonds is 2. The topological polar surface area (TPSA) is 98.0 Å². The van der Waals surface area contributed by atoms with Crippen LogP contribution < -0.4 is 0 Å². The Bertz CT molecular complexity index is 162. The minimum atomic E-state index is -4.64.